The van der Waals surface area contributed by atoms with Crippen molar-refractivity contribution < 1.29 is 4.74 Å². The smallest absolute Gasteiger partial charge is 0.203 e. The van der Waals surface area contributed by atoms with Crippen LogP contribution < -0.4 is 10.2 Å². The van der Waals surface area contributed by atoms with Crippen LogP contribution in [0.4, 0.5) is 5.13 Å². The molecule has 1 aromatic heterocycles. The van der Waals surface area contributed by atoms with Crippen LogP contribution in [0.2, 0.25) is 0 Å². The van der Waals surface area contributed by atoms with Gasteiger partial charge in [0, 0.05) is 10.9 Å². The van der Waals surface area contributed by atoms with Gasteiger partial charge in [-0.3, -0.25) is 5.43 Å². The van der Waals surface area contributed by atoms with E-state index in [1.54, 1.807) is 6.21 Å². The first-order valence-corrected chi connectivity index (χ1v) is 9.96. The molecule has 1 heterocycles. The van der Waals surface area contributed by atoms with Crippen LogP contribution in [0.15, 0.2) is 57.4 Å². The molecular formula is C20H20BrN3OS. The van der Waals surface area contributed by atoms with E-state index in [0.29, 0.717) is 0 Å². The molecule has 6 heteroatoms. The predicted molar refractivity (Wildman–Crippen MR) is 113 cm³/mol. The fourth-order valence-electron chi connectivity index (χ4n) is 2.29. The summed E-state index contributed by atoms with van der Waals surface area (Å²) in [6.45, 7) is 6.08. The van der Waals surface area contributed by atoms with E-state index in [4.69, 9.17) is 4.74 Å². The number of hydrogen-bond donors (Lipinski definition) is 1. The molecule has 0 fully saturated rings. The highest BCUT2D eigenvalue weighted by Gasteiger charge is 2.05. The lowest BCUT2D eigenvalue weighted by Crippen LogP contribution is -2.06. The highest BCUT2D eigenvalue weighted by atomic mass is 79.9. The molecule has 3 aromatic rings. The summed E-state index contributed by atoms with van der Waals surface area (Å²) < 4.78 is 6.62. The van der Waals surface area contributed by atoms with Gasteiger partial charge in [-0.2, -0.15) is 5.10 Å². The van der Waals surface area contributed by atoms with Crippen molar-refractivity contribution in [3.8, 4) is 17.0 Å². The van der Waals surface area contributed by atoms with Crippen LogP contribution in [0, 0.1) is 6.92 Å². The minimum Gasteiger partial charge on any atom is -0.490 e. The van der Waals surface area contributed by atoms with E-state index >= 15 is 0 Å². The second-order valence-corrected chi connectivity index (χ2v) is 7.84. The zero-order valence-electron chi connectivity index (χ0n) is 14.9. The SMILES string of the molecule is Cc1ccc(-c2csc(N/N=C\c3ccc(OC(C)C)c(Br)c3)n2)cc1. The fourth-order valence-corrected chi connectivity index (χ4v) is 3.45. The number of hydrogen-bond acceptors (Lipinski definition) is 5. The summed E-state index contributed by atoms with van der Waals surface area (Å²) in [6, 6.07) is 14.2. The maximum Gasteiger partial charge on any atom is 0.203 e. The van der Waals surface area contributed by atoms with E-state index in [-0.39, 0.29) is 6.10 Å². The van der Waals surface area contributed by atoms with Crippen LogP contribution in [0.25, 0.3) is 11.3 Å². The topological polar surface area (TPSA) is 46.5 Å². The van der Waals surface area contributed by atoms with Gasteiger partial charge in [0.2, 0.25) is 5.13 Å². The molecule has 134 valence electrons. The molecule has 0 atom stereocenters. The Morgan fingerprint density at radius 3 is 2.65 bits per heavy atom. The quantitative estimate of drug-likeness (QED) is 0.379. The number of nitrogens with one attached hydrogen (secondary N) is 1. The first-order valence-electron chi connectivity index (χ1n) is 8.29. The molecule has 0 amide bonds. The minimum atomic E-state index is 0.139. The summed E-state index contributed by atoms with van der Waals surface area (Å²) in [6.07, 6.45) is 1.90. The van der Waals surface area contributed by atoms with Crippen molar-refractivity contribution >= 4 is 38.6 Å². The second kappa shape index (κ2) is 8.47. The van der Waals surface area contributed by atoms with Gasteiger partial charge in [0.1, 0.15) is 5.75 Å². The monoisotopic (exact) mass is 429 g/mol. The molecule has 0 aliphatic heterocycles. The number of benzene rings is 2. The zero-order chi connectivity index (χ0) is 18.5. The summed E-state index contributed by atoms with van der Waals surface area (Å²) >= 11 is 5.06. The summed E-state index contributed by atoms with van der Waals surface area (Å²) in [5, 5.41) is 7.06. The van der Waals surface area contributed by atoms with Crippen LogP contribution in [0.3, 0.4) is 0 Å². The molecule has 1 N–H and O–H groups in total. The maximum absolute atomic E-state index is 5.71. The summed E-state index contributed by atoms with van der Waals surface area (Å²) in [4.78, 5) is 4.57. The van der Waals surface area contributed by atoms with Crippen LogP contribution in [0.5, 0.6) is 5.75 Å². The Bertz CT molecular complexity index is 904. The summed E-state index contributed by atoms with van der Waals surface area (Å²) in [5.41, 5.74) is 7.25. The van der Waals surface area contributed by atoms with Crippen molar-refractivity contribution in [1.82, 2.24) is 4.98 Å². The number of anilines is 1. The Balaban J connectivity index is 1.64. The van der Waals surface area contributed by atoms with Crippen LogP contribution >= 0.6 is 27.3 Å². The molecule has 0 saturated heterocycles. The number of hydrazone groups is 1. The number of aryl methyl sites for hydroxylation is 1. The van der Waals surface area contributed by atoms with Gasteiger partial charge in [0.05, 0.1) is 22.5 Å². The molecule has 2 aromatic carbocycles. The van der Waals surface area contributed by atoms with Crippen molar-refractivity contribution in [2.75, 3.05) is 5.43 Å². The fraction of sp³-hybridized carbons (Fsp3) is 0.200. The average Bonchev–Trinajstić information content (AvgIpc) is 3.06. The number of ether oxygens (including phenoxy) is 1. The van der Waals surface area contributed by atoms with Gasteiger partial charge in [-0.05, 0) is 60.5 Å². The first-order chi connectivity index (χ1) is 12.5. The minimum absolute atomic E-state index is 0.139. The highest BCUT2D eigenvalue weighted by Crippen LogP contribution is 2.27. The van der Waals surface area contributed by atoms with Gasteiger partial charge in [-0.15, -0.1) is 11.3 Å². The van der Waals surface area contributed by atoms with Crippen molar-refractivity contribution in [1.29, 1.82) is 0 Å². The molecule has 0 spiro atoms. The summed E-state index contributed by atoms with van der Waals surface area (Å²) in [5.74, 6) is 0.827. The van der Waals surface area contributed by atoms with Crippen LogP contribution in [-0.2, 0) is 0 Å². The third-order valence-corrected chi connectivity index (χ3v) is 4.91. The lowest BCUT2D eigenvalue weighted by Gasteiger charge is -2.11. The van der Waals surface area contributed by atoms with Crippen LogP contribution in [-0.4, -0.2) is 17.3 Å². The number of thiazole rings is 1. The van der Waals surface area contributed by atoms with E-state index in [0.717, 1.165) is 32.2 Å². The zero-order valence-corrected chi connectivity index (χ0v) is 17.3. The van der Waals surface area contributed by atoms with Crippen molar-refractivity contribution in [2.24, 2.45) is 5.10 Å². The molecule has 0 radical (unpaired) electrons. The Kier molecular flexibility index (Phi) is 6.06. The van der Waals surface area contributed by atoms with E-state index in [1.807, 2.05) is 37.4 Å². The molecule has 0 bridgehead atoms. The van der Waals surface area contributed by atoms with Gasteiger partial charge in [-0.1, -0.05) is 29.8 Å². The molecule has 0 saturated carbocycles. The van der Waals surface area contributed by atoms with Crippen molar-refractivity contribution in [3.05, 3.63) is 63.4 Å². The standard InChI is InChI=1S/C20H20BrN3OS/c1-13(2)25-19-9-6-15(10-17(19)21)11-22-24-20-23-18(12-26-20)16-7-4-14(3)5-8-16/h4-13H,1-3H3,(H,23,24)/b22-11-. The predicted octanol–water partition coefficient (Wildman–Crippen LogP) is 6.11. The Morgan fingerprint density at radius 1 is 1.19 bits per heavy atom. The normalized spacial score (nSPS) is 11.3. The molecule has 0 unspecified atom stereocenters. The van der Waals surface area contributed by atoms with Crippen molar-refractivity contribution in [3.63, 3.8) is 0 Å². The van der Waals surface area contributed by atoms with Gasteiger partial charge < -0.3 is 4.74 Å². The van der Waals surface area contributed by atoms with E-state index in [2.05, 4.69) is 62.6 Å². The maximum atomic E-state index is 5.71. The van der Waals surface area contributed by atoms with Gasteiger partial charge in [-0.25, -0.2) is 4.98 Å². The third kappa shape index (κ3) is 4.93. The molecule has 26 heavy (non-hydrogen) atoms. The lowest BCUT2D eigenvalue weighted by atomic mass is 10.1. The Hall–Kier alpha value is -2.18. The third-order valence-electron chi connectivity index (χ3n) is 3.54. The highest BCUT2D eigenvalue weighted by molar-refractivity contribution is 9.10. The number of aromatic nitrogens is 1. The molecule has 3 rings (SSSR count). The number of rotatable bonds is 6. The average molecular weight is 430 g/mol. The molecule has 4 nitrogen and oxygen atoms in total. The molecule has 0 aliphatic carbocycles. The van der Waals surface area contributed by atoms with E-state index in [1.165, 1.54) is 16.9 Å². The van der Waals surface area contributed by atoms with Gasteiger partial charge >= 0.3 is 0 Å². The van der Waals surface area contributed by atoms with Crippen LogP contribution in [0.1, 0.15) is 25.0 Å². The number of nitrogens with zero attached hydrogens (tertiary/aromatic N) is 2. The molecule has 0 aliphatic rings. The van der Waals surface area contributed by atoms with Gasteiger partial charge in [0.25, 0.3) is 0 Å². The van der Waals surface area contributed by atoms with Crippen molar-refractivity contribution in [2.45, 2.75) is 26.9 Å². The van der Waals surface area contributed by atoms with E-state index in [9.17, 15) is 0 Å². The summed E-state index contributed by atoms with van der Waals surface area (Å²) in [7, 11) is 0. The van der Waals surface area contributed by atoms with Gasteiger partial charge in [0.15, 0.2) is 0 Å². The Morgan fingerprint density at radius 2 is 1.96 bits per heavy atom. The first kappa shape index (κ1) is 18.6. The largest absolute Gasteiger partial charge is 0.490 e. The second-order valence-electron chi connectivity index (χ2n) is 6.13. The lowest BCUT2D eigenvalue weighted by molar-refractivity contribution is 0.241. The Labute approximate surface area is 166 Å². The number of halogens is 1. The molecular weight excluding hydrogens is 410 g/mol. The van der Waals surface area contributed by atoms with E-state index < -0.39 is 0 Å².